The van der Waals surface area contributed by atoms with Gasteiger partial charge in [-0.3, -0.25) is 0 Å². The van der Waals surface area contributed by atoms with Crippen LogP contribution in [-0.4, -0.2) is 32.8 Å². The fourth-order valence-corrected chi connectivity index (χ4v) is 3.27. The minimum absolute atomic E-state index is 0.0290. The number of benzene rings is 1. The van der Waals surface area contributed by atoms with E-state index in [0.29, 0.717) is 0 Å². The lowest BCUT2D eigenvalue weighted by Crippen LogP contribution is -2.11. The van der Waals surface area contributed by atoms with Crippen molar-refractivity contribution < 1.29 is 5.11 Å². The molecule has 4 rings (SSSR count). The molecule has 134 valence electrons. The molecule has 0 saturated heterocycles. The molecule has 5 heteroatoms. The Morgan fingerprint density at radius 3 is 2.50 bits per heavy atom. The Hall–Kier alpha value is -2.66. The molecule has 0 atom stereocenters. The van der Waals surface area contributed by atoms with Gasteiger partial charge in [0.05, 0.1) is 12.9 Å². The van der Waals surface area contributed by atoms with Gasteiger partial charge < -0.3 is 15.0 Å². The molecule has 1 saturated carbocycles. The molecule has 0 aliphatic heterocycles. The van der Waals surface area contributed by atoms with E-state index in [-0.39, 0.29) is 12.0 Å². The highest BCUT2D eigenvalue weighted by atomic mass is 16.3. The molecule has 26 heavy (non-hydrogen) atoms. The Balaban J connectivity index is 1.32. The Labute approximate surface area is 153 Å². The molecule has 1 fully saturated rings. The summed E-state index contributed by atoms with van der Waals surface area (Å²) in [5.74, 6) is 0.896. The molecule has 0 amide bonds. The van der Waals surface area contributed by atoms with E-state index in [4.69, 9.17) is 0 Å². The maximum absolute atomic E-state index is 9.55. The summed E-state index contributed by atoms with van der Waals surface area (Å²) in [5.41, 5.74) is 3.53. The van der Waals surface area contributed by atoms with Crippen molar-refractivity contribution in [3.8, 4) is 11.1 Å². The number of nitrogens with one attached hydrogen (secondary N) is 1. The fraction of sp³-hybridized carbons (Fsp3) is 0.333. The van der Waals surface area contributed by atoms with Gasteiger partial charge in [0.15, 0.2) is 0 Å². The molecular weight excluding hydrogens is 324 g/mol. The lowest BCUT2D eigenvalue weighted by molar-refractivity contribution is 0.255. The van der Waals surface area contributed by atoms with Gasteiger partial charge >= 0.3 is 0 Å². The Morgan fingerprint density at radius 2 is 1.88 bits per heavy atom. The molecule has 0 unspecified atom stereocenters. The maximum Gasteiger partial charge on any atom is 0.125 e. The zero-order valence-corrected chi connectivity index (χ0v) is 14.8. The van der Waals surface area contributed by atoms with Gasteiger partial charge in [0.2, 0.25) is 0 Å². The van der Waals surface area contributed by atoms with Crippen LogP contribution in [0, 0.1) is 0 Å². The second-order valence-corrected chi connectivity index (χ2v) is 7.03. The van der Waals surface area contributed by atoms with Gasteiger partial charge in [0.1, 0.15) is 5.82 Å². The van der Waals surface area contributed by atoms with Crippen LogP contribution >= 0.6 is 0 Å². The first kappa shape index (κ1) is 16.8. The molecule has 1 aliphatic carbocycles. The molecule has 1 aromatic carbocycles. The zero-order valence-electron chi connectivity index (χ0n) is 14.8. The molecule has 2 heterocycles. The summed E-state index contributed by atoms with van der Waals surface area (Å²) in [7, 11) is 0. The molecule has 0 bridgehead atoms. The van der Waals surface area contributed by atoms with Crippen LogP contribution < -0.4 is 5.32 Å². The number of pyridine rings is 1. The van der Waals surface area contributed by atoms with Gasteiger partial charge in [-0.25, -0.2) is 9.97 Å². The first-order chi connectivity index (χ1) is 12.8. The van der Waals surface area contributed by atoms with Gasteiger partial charge in [-0.05, 0) is 42.5 Å². The van der Waals surface area contributed by atoms with E-state index < -0.39 is 0 Å². The number of aliphatic hydroxyl groups is 1. The van der Waals surface area contributed by atoms with Crippen molar-refractivity contribution in [2.24, 2.45) is 0 Å². The Bertz CT molecular complexity index is 821. The standard InChI is InChI=1S/C21H24N4O/c26-15-21(8-9-21)19-5-2-17(3-6-19)18-4-7-20(24-14-18)23-10-1-12-25-13-11-22-16-25/h2-7,11,13-14,16,26H,1,8-10,12,15H2,(H,23,24). The van der Waals surface area contributed by atoms with E-state index >= 15 is 0 Å². The summed E-state index contributed by atoms with van der Waals surface area (Å²) in [6.07, 6.45) is 10.7. The normalized spacial score (nSPS) is 15.0. The van der Waals surface area contributed by atoms with Gasteiger partial charge in [-0.15, -0.1) is 0 Å². The molecule has 2 aromatic heterocycles. The number of anilines is 1. The molecule has 5 nitrogen and oxygen atoms in total. The number of hydrogen-bond donors (Lipinski definition) is 2. The van der Waals surface area contributed by atoms with Crippen LogP contribution in [0.15, 0.2) is 61.3 Å². The highest BCUT2D eigenvalue weighted by Crippen LogP contribution is 2.47. The van der Waals surface area contributed by atoms with Crippen molar-refractivity contribution in [2.75, 3.05) is 18.5 Å². The van der Waals surface area contributed by atoms with E-state index in [1.165, 1.54) is 5.56 Å². The third kappa shape index (κ3) is 3.63. The van der Waals surface area contributed by atoms with Crippen molar-refractivity contribution in [1.29, 1.82) is 0 Å². The summed E-state index contributed by atoms with van der Waals surface area (Å²) < 4.78 is 2.07. The predicted octanol–water partition coefficient (Wildman–Crippen LogP) is 3.47. The van der Waals surface area contributed by atoms with Crippen molar-refractivity contribution in [1.82, 2.24) is 14.5 Å². The second-order valence-electron chi connectivity index (χ2n) is 7.03. The summed E-state index contributed by atoms with van der Waals surface area (Å²) in [6.45, 7) is 2.07. The van der Waals surface area contributed by atoms with Crippen LogP contribution in [-0.2, 0) is 12.0 Å². The van der Waals surface area contributed by atoms with Crippen molar-refractivity contribution in [3.63, 3.8) is 0 Å². The second kappa shape index (κ2) is 7.30. The molecule has 1 aliphatic rings. The molecule has 2 N–H and O–H groups in total. The van der Waals surface area contributed by atoms with Crippen LogP contribution in [0.3, 0.4) is 0 Å². The zero-order chi connectivity index (χ0) is 17.8. The molecule has 3 aromatic rings. The van der Waals surface area contributed by atoms with Crippen LogP contribution in [0.4, 0.5) is 5.82 Å². The summed E-state index contributed by atoms with van der Waals surface area (Å²) in [5, 5.41) is 12.9. The van der Waals surface area contributed by atoms with Gasteiger partial charge in [-0.2, -0.15) is 0 Å². The number of aromatic nitrogens is 3. The lowest BCUT2D eigenvalue weighted by atomic mass is 9.95. The van der Waals surface area contributed by atoms with Gasteiger partial charge in [-0.1, -0.05) is 24.3 Å². The summed E-state index contributed by atoms with van der Waals surface area (Å²) in [6, 6.07) is 12.7. The number of aliphatic hydroxyl groups excluding tert-OH is 1. The van der Waals surface area contributed by atoms with E-state index in [0.717, 1.165) is 49.3 Å². The number of imidazole rings is 1. The highest BCUT2D eigenvalue weighted by Gasteiger charge is 2.43. The first-order valence-electron chi connectivity index (χ1n) is 9.17. The van der Waals surface area contributed by atoms with Gasteiger partial charge in [0.25, 0.3) is 0 Å². The van der Waals surface area contributed by atoms with Crippen molar-refractivity contribution in [3.05, 3.63) is 66.9 Å². The Morgan fingerprint density at radius 1 is 1.08 bits per heavy atom. The minimum Gasteiger partial charge on any atom is -0.395 e. The van der Waals surface area contributed by atoms with Gasteiger partial charge in [0, 0.05) is 42.7 Å². The predicted molar refractivity (Wildman–Crippen MR) is 103 cm³/mol. The molecule has 0 radical (unpaired) electrons. The number of hydrogen-bond acceptors (Lipinski definition) is 4. The van der Waals surface area contributed by atoms with E-state index in [9.17, 15) is 5.11 Å². The highest BCUT2D eigenvalue weighted by molar-refractivity contribution is 5.64. The lowest BCUT2D eigenvalue weighted by Gasteiger charge is -2.13. The average Bonchev–Trinajstić information content (AvgIpc) is 3.33. The molecule has 0 spiro atoms. The minimum atomic E-state index is 0.0290. The van der Waals surface area contributed by atoms with Crippen LogP contribution in [0.2, 0.25) is 0 Å². The average molecular weight is 348 g/mol. The third-order valence-corrected chi connectivity index (χ3v) is 5.21. The van der Waals surface area contributed by atoms with E-state index in [1.807, 2.05) is 24.8 Å². The Kier molecular flexibility index (Phi) is 4.71. The van der Waals surface area contributed by atoms with E-state index in [2.05, 4.69) is 50.2 Å². The molecular formula is C21H24N4O. The fourth-order valence-electron chi connectivity index (χ4n) is 3.27. The number of nitrogens with zero attached hydrogens (tertiary/aromatic N) is 3. The quantitative estimate of drug-likeness (QED) is 0.612. The monoisotopic (exact) mass is 348 g/mol. The topological polar surface area (TPSA) is 63.0 Å². The maximum atomic E-state index is 9.55. The third-order valence-electron chi connectivity index (χ3n) is 5.21. The number of aryl methyl sites for hydroxylation is 1. The van der Waals surface area contributed by atoms with Crippen molar-refractivity contribution in [2.45, 2.75) is 31.2 Å². The number of rotatable bonds is 8. The van der Waals surface area contributed by atoms with Crippen LogP contribution in [0.1, 0.15) is 24.8 Å². The first-order valence-corrected chi connectivity index (χ1v) is 9.17. The summed E-state index contributed by atoms with van der Waals surface area (Å²) >= 11 is 0. The smallest absolute Gasteiger partial charge is 0.125 e. The van der Waals surface area contributed by atoms with Crippen LogP contribution in [0.25, 0.3) is 11.1 Å². The van der Waals surface area contributed by atoms with Crippen LogP contribution in [0.5, 0.6) is 0 Å². The largest absolute Gasteiger partial charge is 0.395 e. The van der Waals surface area contributed by atoms with E-state index in [1.54, 1.807) is 6.20 Å². The summed E-state index contributed by atoms with van der Waals surface area (Å²) in [4.78, 5) is 8.56. The van der Waals surface area contributed by atoms with Crippen molar-refractivity contribution >= 4 is 5.82 Å². The SMILES string of the molecule is OCC1(c2ccc(-c3ccc(NCCCn4ccnc4)nc3)cc2)CC1.